The van der Waals surface area contributed by atoms with E-state index in [1.807, 2.05) is 186 Å². The van der Waals surface area contributed by atoms with Gasteiger partial charge in [-0.05, 0) is 122 Å². The summed E-state index contributed by atoms with van der Waals surface area (Å²) in [5.41, 5.74) is 13.4. The first kappa shape index (κ1) is 84.7. The van der Waals surface area contributed by atoms with Gasteiger partial charge in [0.2, 0.25) is 5.43 Å². The highest BCUT2D eigenvalue weighted by atomic mass is 16.5. The molecule has 5 N–H and O–H groups in total. The number of aromatic hydroxyl groups is 1. The molecule has 13 aromatic rings. The molecule has 13 rings (SSSR count). The van der Waals surface area contributed by atoms with Crippen LogP contribution in [0.1, 0.15) is 124 Å². The highest BCUT2D eigenvalue weighted by Crippen LogP contribution is 2.29. The summed E-state index contributed by atoms with van der Waals surface area (Å²) in [6.45, 7) is 17.2. The second-order valence-corrected chi connectivity index (χ2v) is 26.6. The van der Waals surface area contributed by atoms with Crippen LogP contribution in [0.5, 0.6) is 5.75 Å². The fraction of sp³-hybridized carbons (Fsp3) is 0.170. The van der Waals surface area contributed by atoms with E-state index >= 15 is 0 Å². The molecule has 115 heavy (non-hydrogen) atoms. The fourth-order valence-corrected chi connectivity index (χ4v) is 12.6. The molecule has 5 heterocycles. The number of carbonyl (C=O) groups is 5. The van der Waals surface area contributed by atoms with Crippen LogP contribution >= 0.6 is 0 Å². The zero-order chi connectivity index (χ0) is 82.5. The first-order chi connectivity index (χ1) is 55.5. The number of nitrogens with one attached hydrogen (secondary N) is 3. The summed E-state index contributed by atoms with van der Waals surface area (Å²) < 4.78 is 16.9. The van der Waals surface area contributed by atoms with Crippen LogP contribution in [0, 0.1) is 27.7 Å². The Morgan fingerprint density at radius 2 is 0.609 bits per heavy atom. The lowest BCUT2D eigenvalue weighted by Gasteiger charge is -2.14. The minimum Gasteiger partial charge on any atom is -0.503 e. The quantitative estimate of drug-likeness (QED) is 0.0418. The van der Waals surface area contributed by atoms with Crippen LogP contribution in [0.25, 0.3) is 44.5 Å². The van der Waals surface area contributed by atoms with Gasteiger partial charge in [0.1, 0.15) is 27.8 Å². The van der Waals surface area contributed by atoms with Crippen molar-refractivity contribution >= 4 is 29.7 Å². The number of benzene rings is 8. The molecule has 0 spiro atoms. The Morgan fingerprint density at radius 3 is 0.948 bits per heavy atom. The van der Waals surface area contributed by atoms with Crippen molar-refractivity contribution in [2.45, 2.75) is 81.6 Å². The highest BCUT2D eigenvalue weighted by Gasteiger charge is 2.20. The third-order valence-electron chi connectivity index (χ3n) is 18.2. The number of hydrogen-bond donors (Lipinski definition) is 5. The lowest BCUT2D eigenvalue weighted by atomic mass is 9.99. The minimum atomic E-state index is -1.20. The summed E-state index contributed by atoms with van der Waals surface area (Å²) in [6, 6.07) is 72.5. The van der Waals surface area contributed by atoms with Gasteiger partial charge < -0.3 is 53.6 Å². The van der Waals surface area contributed by atoms with Crippen molar-refractivity contribution in [2.75, 3.05) is 26.3 Å². The molecule has 8 aromatic carbocycles. The van der Waals surface area contributed by atoms with Gasteiger partial charge >= 0.3 is 17.9 Å². The van der Waals surface area contributed by atoms with Crippen LogP contribution in [0.4, 0.5) is 0 Å². The second kappa shape index (κ2) is 41.6. The number of hydrogen-bond acceptors (Lipinski definition) is 13. The van der Waals surface area contributed by atoms with Crippen LogP contribution in [0.2, 0.25) is 0 Å². The summed E-state index contributed by atoms with van der Waals surface area (Å²) in [5, 5.41) is 24.4. The third kappa shape index (κ3) is 22.9. The molecule has 21 nitrogen and oxygen atoms in total. The number of aromatic nitrogens is 5. The molecule has 0 saturated carbocycles. The molecular weight excluding hydrogens is 1450 g/mol. The summed E-state index contributed by atoms with van der Waals surface area (Å²) >= 11 is 0. The number of aromatic carboxylic acids is 1. The maximum absolute atomic E-state index is 12.3. The van der Waals surface area contributed by atoms with E-state index in [1.165, 1.54) is 24.8 Å². The maximum Gasteiger partial charge on any atom is 0.343 e. The van der Waals surface area contributed by atoms with Crippen LogP contribution in [-0.4, -0.2) is 89.5 Å². The lowest BCUT2D eigenvalue weighted by molar-refractivity contribution is 0.0514. The molecule has 0 fully saturated rings. The van der Waals surface area contributed by atoms with E-state index < -0.39 is 40.4 Å². The summed E-state index contributed by atoms with van der Waals surface area (Å²) in [5.74, 6) is -3.61. The summed E-state index contributed by atoms with van der Waals surface area (Å²) in [4.78, 5) is 121. The Kier molecular flexibility index (Phi) is 30.6. The van der Waals surface area contributed by atoms with Crippen molar-refractivity contribution in [1.29, 1.82) is 0 Å². The van der Waals surface area contributed by atoms with E-state index in [9.17, 15) is 58.2 Å². The van der Waals surface area contributed by atoms with Gasteiger partial charge in [-0.1, -0.05) is 218 Å². The van der Waals surface area contributed by atoms with Gasteiger partial charge in [-0.25, -0.2) is 14.4 Å². The molecule has 21 heteroatoms. The molecule has 0 atom stereocenters. The molecule has 0 radical (unpaired) electrons. The van der Waals surface area contributed by atoms with Crippen LogP contribution < -0.4 is 37.8 Å². The molecule has 2 amide bonds. The zero-order valence-electron chi connectivity index (χ0n) is 65.3. The van der Waals surface area contributed by atoms with Crippen molar-refractivity contribution in [3.63, 3.8) is 0 Å². The van der Waals surface area contributed by atoms with E-state index in [0.717, 1.165) is 66.8 Å². The Balaban J connectivity index is 0.000000167. The molecule has 5 aromatic heterocycles. The van der Waals surface area contributed by atoms with Gasteiger partial charge in [0.05, 0.1) is 19.4 Å². The van der Waals surface area contributed by atoms with E-state index in [4.69, 9.17) is 9.47 Å². The van der Waals surface area contributed by atoms with E-state index in [2.05, 4.69) is 64.1 Å². The molecule has 586 valence electrons. The molecule has 0 bridgehead atoms. The summed E-state index contributed by atoms with van der Waals surface area (Å²) in [7, 11) is 0. The van der Waals surface area contributed by atoms with Gasteiger partial charge in [0.25, 0.3) is 11.8 Å². The van der Waals surface area contributed by atoms with Gasteiger partial charge in [-0.15, -0.1) is 0 Å². The first-order valence-electron chi connectivity index (χ1n) is 37.4. The predicted octanol–water partition coefficient (Wildman–Crippen LogP) is 15.1. The fourth-order valence-electron chi connectivity index (χ4n) is 12.6. The molecular formula is C94H91N7O14. The second-order valence-electron chi connectivity index (χ2n) is 26.6. The van der Waals surface area contributed by atoms with Gasteiger partial charge in [0, 0.05) is 117 Å². The number of H-pyrrole nitrogens is 1. The van der Waals surface area contributed by atoms with Crippen LogP contribution in [-0.2, 0) is 35.7 Å². The van der Waals surface area contributed by atoms with E-state index in [0.29, 0.717) is 61.5 Å². The van der Waals surface area contributed by atoms with Gasteiger partial charge in [-0.3, -0.25) is 33.6 Å². The Bertz CT molecular complexity index is 5490. The Labute approximate surface area is 665 Å². The molecule has 0 saturated heterocycles. The largest absolute Gasteiger partial charge is 0.503 e. The standard InChI is InChI=1S/C22H22N2O2.C22H21NO3.C21H20N2O3.C20H17NO3.C9H11NO3/c1-3-23-22(26)20-15-24(13-16(2)21(20)25)14-18-11-7-8-12-19(18)17-9-5-4-6-10-17;1-3-26-22(25)20-15-23(13-16(2)21(20)24)14-18-11-7-8-12-19(18)17-9-5-4-6-10-17;1-2-22-21(26)18-13-23(14-19(24)20(18)25)12-16-10-6-7-11-17(16)15-8-4-3-5-9-15;1-14-11-21(13-18(19(14)22)20(23)24)12-16-9-5-6-10-17(16)15-7-3-2-4-8-15;1-3-13-9(12)7-5-10-4-6(2)8(7)11/h4-13,15H,3,14H2,1-2H3,(H,23,26);4-13,15H,3,14H2,1-2H3;3-11,13-14,24H,2,12H2,1H3,(H,22,26);2-11,13H,12H2,1H3,(H,23,24);4-5H,3H2,1-2H3,(H,10,11). The average Bonchev–Trinajstić information content (AvgIpc) is 0.810. The number of nitrogens with zero attached hydrogens (tertiary/aromatic N) is 4. The predicted molar refractivity (Wildman–Crippen MR) is 449 cm³/mol. The number of carboxylic acid groups (broad SMARTS) is 1. The van der Waals surface area contributed by atoms with Crippen molar-refractivity contribution in [3.8, 4) is 50.3 Å². The number of esters is 2. The number of ether oxygens (including phenoxy) is 2. The lowest BCUT2D eigenvalue weighted by Crippen LogP contribution is -2.30. The molecule has 0 aliphatic rings. The molecule has 0 unspecified atom stereocenters. The smallest absolute Gasteiger partial charge is 0.343 e. The van der Waals surface area contributed by atoms with Gasteiger partial charge in [0.15, 0.2) is 27.5 Å². The van der Waals surface area contributed by atoms with Gasteiger partial charge in [-0.2, -0.15) is 0 Å². The normalized spacial score (nSPS) is 10.4. The minimum absolute atomic E-state index is 0.0573. The topological polar surface area (TPSA) is 289 Å². The summed E-state index contributed by atoms with van der Waals surface area (Å²) in [6.07, 6.45) is 15.6. The number of aromatic amines is 1. The SMILES string of the molecule is CCNC(=O)c1cn(Cc2ccccc2-c2ccccc2)cc(C)c1=O.CCNC(=O)c1cn(Cc2ccccc2-c2ccccc2)cc(O)c1=O.CCOC(=O)c1c[nH]cc(C)c1=O.CCOC(=O)c1cn(Cc2ccccc2-c2ccccc2)cc(C)c1=O.Cc1cn(Cc2ccccc2-c2ccccc2)cc(C(=O)O)c1=O. The van der Waals surface area contributed by atoms with Crippen LogP contribution in [0.3, 0.4) is 0 Å². The maximum atomic E-state index is 12.3. The number of aryl methyl sites for hydroxylation is 4. The number of carboxylic acids is 1. The Hall–Kier alpha value is -14.3. The zero-order valence-corrected chi connectivity index (χ0v) is 65.3. The van der Waals surface area contributed by atoms with Crippen molar-refractivity contribution in [3.05, 3.63) is 404 Å². The average molecular weight is 1540 g/mol. The number of pyridine rings is 5. The number of amides is 2. The van der Waals surface area contributed by atoms with Crippen molar-refractivity contribution in [1.82, 2.24) is 33.9 Å². The number of rotatable bonds is 21. The third-order valence-corrected chi connectivity index (χ3v) is 18.2. The van der Waals surface area contributed by atoms with Crippen LogP contribution in [0.15, 0.2) is 304 Å². The van der Waals surface area contributed by atoms with Crippen molar-refractivity contribution in [2.24, 2.45) is 0 Å². The monoisotopic (exact) mass is 1540 g/mol. The molecule has 0 aliphatic carbocycles. The highest BCUT2D eigenvalue weighted by molar-refractivity contribution is 5.95. The van der Waals surface area contributed by atoms with E-state index in [-0.39, 0.29) is 63.2 Å². The molecule has 0 aliphatic heterocycles. The van der Waals surface area contributed by atoms with Crippen molar-refractivity contribution < 1.29 is 43.7 Å². The Morgan fingerprint density at radius 1 is 0.330 bits per heavy atom. The number of carbonyl (C=O) groups excluding carboxylic acids is 4. The van der Waals surface area contributed by atoms with E-state index in [1.54, 1.807) is 94.8 Å². The first-order valence-corrected chi connectivity index (χ1v) is 37.4.